The van der Waals surface area contributed by atoms with Crippen molar-refractivity contribution in [1.29, 1.82) is 0 Å². The fourth-order valence-electron chi connectivity index (χ4n) is 2.74. The molecule has 0 bridgehead atoms. The van der Waals surface area contributed by atoms with Crippen molar-refractivity contribution in [1.82, 2.24) is 0 Å². The number of benzene rings is 2. The Hall–Kier alpha value is -2.34. The zero-order chi connectivity index (χ0) is 15.6. The quantitative estimate of drug-likeness (QED) is 0.602. The van der Waals surface area contributed by atoms with Gasteiger partial charge in [-0.05, 0) is 42.4 Å². The fourth-order valence-corrected chi connectivity index (χ4v) is 2.74. The van der Waals surface area contributed by atoms with Crippen molar-refractivity contribution in [2.24, 2.45) is 0 Å². The third-order valence-corrected chi connectivity index (χ3v) is 3.91. The van der Waals surface area contributed by atoms with E-state index in [0.717, 1.165) is 0 Å². The fraction of sp³-hybridized carbons (Fsp3) is 0.182. The molecule has 1 fully saturated rings. The summed E-state index contributed by atoms with van der Waals surface area (Å²) >= 11 is 0. The minimum Gasteiger partial charge on any atom is -0.0985 e. The van der Waals surface area contributed by atoms with Gasteiger partial charge in [0.25, 0.3) is 0 Å². The third kappa shape index (κ3) is 4.60. The van der Waals surface area contributed by atoms with Crippen molar-refractivity contribution < 1.29 is 0 Å². The third-order valence-electron chi connectivity index (χ3n) is 3.91. The van der Waals surface area contributed by atoms with Crippen LogP contribution in [0.25, 0.3) is 11.6 Å². The summed E-state index contributed by atoms with van der Waals surface area (Å²) in [6.45, 7) is 7.56. The van der Waals surface area contributed by atoms with Crippen molar-refractivity contribution in [2.75, 3.05) is 0 Å². The normalized spacial score (nSPS) is 13.0. The molecule has 1 saturated carbocycles. The van der Waals surface area contributed by atoms with Crippen LogP contribution in [0.15, 0.2) is 85.5 Å². The number of allylic oxidation sites excluding steroid dienone is 3. The SMILES string of the molecule is C=CC(=C1CCCC1)c1ccccc1.C=Cc1ccccc1. The summed E-state index contributed by atoms with van der Waals surface area (Å²) in [5.41, 5.74) is 5.45. The molecular weight excluding hydrogens is 264 g/mol. The minimum atomic E-state index is 1.17. The maximum atomic E-state index is 3.92. The van der Waals surface area contributed by atoms with Crippen molar-refractivity contribution in [2.45, 2.75) is 25.7 Å². The molecule has 0 saturated heterocycles. The van der Waals surface area contributed by atoms with Gasteiger partial charge >= 0.3 is 0 Å². The second-order valence-electron chi connectivity index (χ2n) is 5.41. The molecule has 1 aliphatic rings. The topological polar surface area (TPSA) is 0 Å². The Balaban J connectivity index is 0.000000188. The van der Waals surface area contributed by atoms with E-state index in [1.165, 1.54) is 42.4 Å². The molecule has 0 aliphatic heterocycles. The summed E-state index contributed by atoms with van der Waals surface area (Å²) in [6.07, 6.45) is 9.06. The monoisotopic (exact) mass is 288 g/mol. The molecule has 0 spiro atoms. The second-order valence-corrected chi connectivity index (χ2v) is 5.41. The van der Waals surface area contributed by atoms with Gasteiger partial charge in [0, 0.05) is 0 Å². The Kier molecular flexibility index (Phi) is 6.44. The van der Waals surface area contributed by atoms with E-state index in [4.69, 9.17) is 0 Å². The molecule has 0 radical (unpaired) electrons. The predicted octanol–water partition coefficient (Wildman–Crippen LogP) is 6.53. The lowest BCUT2D eigenvalue weighted by atomic mass is 9.99. The van der Waals surface area contributed by atoms with Crippen LogP contribution in [0, 0.1) is 0 Å². The molecule has 0 N–H and O–H groups in total. The molecule has 3 rings (SSSR count). The summed E-state index contributed by atoms with van der Waals surface area (Å²) in [7, 11) is 0. The van der Waals surface area contributed by atoms with Crippen molar-refractivity contribution >= 4 is 11.6 Å². The first kappa shape index (κ1) is 16.0. The van der Waals surface area contributed by atoms with Gasteiger partial charge in [0.15, 0.2) is 0 Å². The first-order valence-corrected chi connectivity index (χ1v) is 7.92. The summed E-state index contributed by atoms with van der Waals surface area (Å²) in [5.74, 6) is 0. The maximum Gasteiger partial charge on any atom is -0.0185 e. The number of hydrogen-bond acceptors (Lipinski definition) is 0. The van der Waals surface area contributed by atoms with Gasteiger partial charge in [-0.3, -0.25) is 0 Å². The molecule has 0 unspecified atom stereocenters. The summed E-state index contributed by atoms with van der Waals surface area (Å²) < 4.78 is 0. The smallest absolute Gasteiger partial charge is 0.0185 e. The lowest BCUT2D eigenvalue weighted by Gasteiger charge is -2.06. The highest BCUT2D eigenvalue weighted by atomic mass is 14.2. The summed E-state index contributed by atoms with van der Waals surface area (Å²) in [5, 5.41) is 0. The molecular formula is C22H24. The van der Waals surface area contributed by atoms with Crippen molar-refractivity contribution in [3.8, 4) is 0 Å². The molecule has 2 aromatic rings. The molecule has 0 nitrogen and oxygen atoms in total. The van der Waals surface area contributed by atoms with Gasteiger partial charge in [-0.2, -0.15) is 0 Å². The Morgan fingerprint density at radius 1 is 0.773 bits per heavy atom. The largest absolute Gasteiger partial charge is 0.0985 e. The standard InChI is InChI=1S/C14H16.C8H8/c1-2-14(13-10-6-7-11-13)12-8-4-3-5-9-12;1-2-8-6-4-3-5-7-8/h2-5,8-9H,1,6-7,10-11H2;2-7H,1H2. The Bertz CT molecular complexity index is 610. The molecule has 1 aliphatic carbocycles. The second kappa shape index (κ2) is 8.84. The van der Waals surface area contributed by atoms with Crippen molar-refractivity contribution in [3.63, 3.8) is 0 Å². The Labute approximate surface area is 134 Å². The van der Waals surface area contributed by atoms with Gasteiger partial charge in [-0.1, -0.05) is 91.5 Å². The van der Waals surface area contributed by atoms with Crippen LogP contribution in [0.4, 0.5) is 0 Å². The van der Waals surface area contributed by atoms with Crippen LogP contribution in [0.5, 0.6) is 0 Å². The first-order chi connectivity index (χ1) is 10.8. The Morgan fingerprint density at radius 3 is 1.77 bits per heavy atom. The van der Waals surface area contributed by atoms with Crippen LogP contribution in [0.1, 0.15) is 36.8 Å². The first-order valence-electron chi connectivity index (χ1n) is 7.92. The van der Waals surface area contributed by atoms with Crippen LogP contribution >= 0.6 is 0 Å². The van der Waals surface area contributed by atoms with Crippen LogP contribution in [0.3, 0.4) is 0 Å². The van der Waals surface area contributed by atoms with E-state index in [1.54, 1.807) is 5.57 Å². The van der Waals surface area contributed by atoms with Gasteiger partial charge in [-0.25, -0.2) is 0 Å². The molecule has 0 aromatic heterocycles. The average Bonchev–Trinajstić information content (AvgIpc) is 3.12. The van der Waals surface area contributed by atoms with E-state index < -0.39 is 0 Å². The lowest BCUT2D eigenvalue weighted by Crippen LogP contribution is -1.85. The number of rotatable bonds is 3. The van der Waals surface area contributed by atoms with Crippen LogP contribution in [0.2, 0.25) is 0 Å². The Morgan fingerprint density at radius 2 is 1.32 bits per heavy atom. The zero-order valence-corrected chi connectivity index (χ0v) is 13.2. The van der Waals surface area contributed by atoms with E-state index in [2.05, 4.69) is 43.5 Å². The van der Waals surface area contributed by atoms with Crippen LogP contribution in [-0.2, 0) is 0 Å². The van der Waals surface area contributed by atoms with Gasteiger partial charge in [0.1, 0.15) is 0 Å². The molecule has 0 heteroatoms. The summed E-state index contributed by atoms with van der Waals surface area (Å²) in [6, 6.07) is 20.6. The van der Waals surface area contributed by atoms with E-state index in [9.17, 15) is 0 Å². The van der Waals surface area contributed by atoms with Crippen molar-refractivity contribution in [3.05, 3.63) is 96.6 Å². The molecule has 112 valence electrons. The molecule has 0 amide bonds. The van der Waals surface area contributed by atoms with E-state index in [-0.39, 0.29) is 0 Å². The van der Waals surface area contributed by atoms with E-state index in [1.807, 2.05) is 42.5 Å². The van der Waals surface area contributed by atoms with E-state index >= 15 is 0 Å². The van der Waals surface area contributed by atoms with Gasteiger partial charge in [-0.15, -0.1) is 0 Å². The van der Waals surface area contributed by atoms with E-state index in [0.29, 0.717) is 0 Å². The molecule has 0 atom stereocenters. The zero-order valence-electron chi connectivity index (χ0n) is 13.2. The van der Waals surface area contributed by atoms with Gasteiger partial charge < -0.3 is 0 Å². The highest BCUT2D eigenvalue weighted by Crippen LogP contribution is 2.32. The van der Waals surface area contributed by atoms with Gasteiger partial charge in [0.05, 0.1) is 0 Å². The van der Waals surface area contributed by atoms with Gasteiger partial charge in [0.2, 0.25) is 0 Å². The van der Waals surface area contributed by atoms with Crippen LogP contribution < -0.4 is 0 Å². The molecule has 22 heavy (non-hydrogen) atoms. The predicted molar refractivity (Wildman–Crippen MR) is 98.6 cm³/mol. The minimum absolute atomic E-state index is 1.17. The van der Waals surface area contributed by atoms with Crippen LogP contribution in [-0.4, -0.2) is 0 Å². The lowest BCUT2D eigenvalue weighted by molar-refractivity contribution is 0.886. The maximum absolute atomic E-state index is 3.92. The average molecular weight is 288 g/mol. The number of hydrogen-bond donors (Lipinski definition) is 0. The highest BCUT2D eigenvalue weighted by molar-refractivity contribution is 5.76. The highest BCUT2D eigenvalue weighted by Gasteiger charge is 2.11. The summed E-state index contributed by atoms with van der Waals surface area (Å²) in [4.78, 5) is 0. The molecule has 0 heterocycles. The molecule has 2 aromatic carbocycles.